The third-order valence-corrected chi connectivity index (χ3v) is 1.71. The lowest BCUT2D eigenvalue weighted by Crippen LogP contribution is -2.18. The summed E-state index contributed by atoms with van der Waals surface area (Å²) in [6.07, 6.45) is -4.90. The van der Waals surface area contributed by atoms with Gasteiger partial charge in [0, 0.05) is 18.2 Å². The molecule has 0 radical (unpaired) electrons. The Morgan fingerprint density at radius 2 is 2.06 bits per heavy atom. The van der Waals surface area contributed by atoms with Gasteiger partial charge < -0.3 is 10.5 Å². The molecule has 0 atom stereocenters. The van der Waals surface area contributed by atoms with Crippen LogP contribution < -0.4 is 10.5 Å². The monoisotopic (exact) mass is 236 g/mol. The lowest BCUT2D eigenvalue weighted by Gasteiger charge is -2.11. The van der Waals surface area contributed by atoms with Gasteiger partial charge in [0.15, 0.2) is 0 Å². The SMILES string of the molecule is NCc1ccc([N+](=O)[O-])cc1OC(F)(F)F. The molecule has 88 valence electrons. The topological polar surface area (TPSA) is 78.4 Å². The van der Waals surface area contributed by atoms with Gasteiger partial charge in [-0.15, -0.1) is 13.2 Å². The van der Waals surface area contributed by atoms with E-state index < -0.39 is 22.7 Å². The normalized spacial score (nSPS) is 11.2. The predicted molar refractivity (Wildman–Crippen MR) is 47.7 cm³/mol. The smallest absolute Gasteiger partial charge is 0.405 e. The standard InChI is InChI=1S/C8H7F3N2O3/c9-8(10,11)16-7-3-6(13(14)15)2-1-5(7)4-12/h1-3H,4,12H2. The molecule has 1 aromatic carbocycles. The zero-order valence-electron chi connectivity index (χ0n) is 7.82. The molecule has 0 saturated heterocycles. The molecule has 1 rings (SSSR count). The Balaban J connectivity index is 3.12. The highest BCUT2D eigenvalue weighted by atomic mass is 19.4. The van der Waals surface area contributed by atoms with Crippen LogP contribution in [0.1, 0.15) is 5.56 Å². The highest BCUT2D eigenvalue weighted by Gasteiger charge is 2.32. The number of halogens is 3. The number of benzene rings is 1. The van der Waals surface area contributed by atoms with E-state index in [2.05, 4.69) is 4.74 Å². The van der Waals surface area contributed by atoms with E-state index in [4.69, 9.17) is 5.73 Å². The van der Waals surface area contributed by atoms with Crippen molar-refractivity contribution < 1.29 is 22.8 Å². The van der Waals surface area contributed by atoms with Gasteiger partial charge in [0.25, 0.3) is 5.69 Å². The van der Waals surface area contributed by atoms with Crippen LogP contribution in [0.15, 0.2) is 18.2 Å². The van der Waals surface area contributed by atoms with E-state index >= 15 is 0 Å². The van der Waals surface area contributed by atoms with Crippen molar-refractivity contribution in [2.45, 2.75) is 12.9 Å². The fourth-order valence-corrected chi connectivity index (χ4v) is 1.05. The molecular weight excluding hydrogens is 229 g/mol. The minimum absolute atomic E-state index is 0.0444. The molecule has 0 bridgehead atoms. The number of alkyl halides is 3. The molecule has 0 spiro atoms. The molecule has 8 heteroatoms. The Morgan fingerprint density at radius 1 is 1.44 bits per heavy atom. The van der Waals surface area contributed by atoms with Crippen LogP contribution >= 0.6 is 0 Å². The summed E-state index contributed by atoms with van der Waals surface area (Å²) in [5.74, 6) is -0.649. The van der Waals surface area contributed by atoms with E-state index in [1.165, 1.54) is 0 Å². The third kappa shape index (κ3) is 3.09. The maximum absolute atomic E-state index is 12.0. The molecule has 2 N–H and O–H groups in total. The molecule has 5 nitrogen and oxygen atoms in total. The zero-order valence-corrected chi connectivity index (χ0v) is 7.82. The number of nitro groups is 1. The molecule has 0 unspecified atom stereocenters. The van der Waals surface area contributed by atoms with E-state index in [0.29, 0.717) is 6.07 Å². The number of nitrogens with two attached hydrogens (primary N) is 1. The molecule has 0 aliphatic heterocycles. The Kier molecular flexibility index (Phi) is 3.33. The number of ether oxygens (including phenoxy) is 1. The first-order valence-electron chi connectivity index (χ1n) is 4.06. The van der Waals surface area contributed by atoms with Crippen LogP contribution in [0.2, 0.25) is 0 Å². The van der Waals surface area contributed by atoms with E-state index in [0.717, 1.165) is 12.1 Å². The molecule has 0 aromatic heterocycles. The van der Waals surface area contributed by atoms with Crippen LogP contribution in [0, 0.1) is 10.1 Å². The molecule has 0 aliphatic carbocycles. The molecule has 1 aromatic rings. The molecule has 16 heavy (non-hydrogen) atoms. The van der Waals surface area contributed by atoms with Gasteiger partial charge in [0.2, 0.25) is 0 Å². The first-order valence-corrected chi connectivity index (χ1v) is 4.06. The minimum atomic E-state index is -4.90. The first kappa shape index (κ1) is 12.2. The van der Waals surface area contributed by atoms with Crippen LogP contribution in [-0.4, -0.2) is 11.3 Å². The van der Waals surface area contributed by atoms with Crippen molar-refractivity contribution in [2.75, 3.05) is 0 Å². The van der Waals surface area contributed by atoms with Crippen LogP contribution in [0.25, 0.3) is 0 Å². The average Bonchev–Trinajstić information content (AvgIpc) is 2.15. The van der Waals surface area contributed by atoms with E-state index in [1.807, 2.05) is 0 Å². The van der Waals surface area contributed by atoms with E-state index in [9.17, 15) is 23.3 Å². The minimum Gasteiger partial charge on any atom is -0.405 e. The van der Waals surface area contributed by atoms with Gasteiger partial charge in [0.05, 0.1) is 11.0 Å². The molecule has 0 saturated carbocycles. The predicted octanol–water partition coefficient (Wildman–Crippen LogP) is 1.95. The lowest BCUT2D eigenvalue weighted by molar-refractivity contribution is -0.385. The van der Waals surface area contributed by atoms with Gasteiger partial charge in [-0.05, 0) is 6.07 Å². The van der Waals surface area contributed by atoms with Crippen LogP contribution in [0.3, 0.4) is 0 Å². The quantitative estimate of drug-likeness (QED) is 0.642. The average molecular weight is 236 g/mol. The van der Waals surface area contributed by atoms with Crippen molar-refractivity contribution in [2.24, 2.45) is 5.73 Å². The maximum Gasteiger partial charge on any atom is 0.573 e. The van der Waals surface area contributed by atoms with Gasteiger partial charge in [-0.1, -0.05) is 0 Å². The third-order valence-electron chi connectivity index (χ3n) is 1.71. The number of rotatable bonds is 3. The first-order chi connectivity index (χ1) is 7.33. The molecule has 0 aliphatic rings. The molecule has 0 fully saturated rings. The lowest BCUT2D eigenvalue weighted by atomic mass is 10.2. The highest BCUT2D eigenvalue weighted by Crippen LogP contribution is 2.29. The molecule has 0 heterocycles. The summed E-state index contributed by atoms with van der Waals surface area (Å²) in [7, 11) is 0. The summed E-state index contributed by atoms with van der Waals surface area (Å²) >= 11 is 0. The fraction of sp³-hybridized carbons (Fsp3) is 0.250. The van der Waals surface area contributed by atoms with Crippen molar-refractivity contribution in [1.82, 2.24) is 0 Å². The second kappa shape index (κ2) is 4.35. The highest BCUT2D eigenvalue weighted by molar-refractivity contribution is 5.44. The summed E-state index contributed by atoms with van der Waals surface area (Å²) in [4.78, 5) is 9.54. The van der Waals surface area contributed by atoms with Crippen LogP contribution in [0.5, 0.6) is 5.75 Å². The van der Waals surface area contributed by atoms with Crippen molar-refractivity contribution in [3.8, 4) is 5.75 Å². The number of nitrogens with zero attached hydrogens (tertiary/aromatic N) is 1. The Hall–Kier alpha value is -1.83. The Morgan fingerprint density at radius 3 is 2.50 bits per heavy atom. The van der Waals surface area contributed by atoms with Crippen molar-refractivity contribution in [3.05, 3.63) is 33.9 Å². The fourth-order valence-electron chi connectivity index (χ4n) is 1.05. The Labute approximate surface area is 87.8 Å². The summed E-state index contributed by atoms with van der Waals surface area (Å²) in [5, 5.41) is 10.4. The van der Waals surface area contributed by atoms with E-state index in [1.54, 1.807) is 0 Å². The second-order valence-corrected chi connectivity index (χ2v) is 2.80. The van der Waals surface area contributed by atoms with Gasteiger partial charge >= 0.3 is 6.36 Å². The summed E-state index contributed by atoms with van der Waals surface area (Å²) in [5.41, 5.74) is 4.73. The largest absolute Gasteiger partial charge is 0.573 e. The number of hydrogen-bond donors (Lipinski definition) is 1. The van der Waals surface area contributed by atoms with Gasteiger partial charge in [-0.25, -0.2) is 0 Å². The van der Waals surface area contributed by atoms with Gasteiger partial charge in [-0.3, -0.25) is 10.1 Å². The zero-order chi connectivity index (χ0) is 12.3. The second-order valence-electron chi connectivity index (χ2n) is 2.80. The number of non-ortho nitro benzene ring substituents is 1. The number of hydrogen-bond acceptors (Lipinski definition) is 4. The summed E-state index contributed by atoms with van der Waals surface area (Å²) < 4.78 is 39.5. The maximum atomic E-state index is 12.0. The van der Waals surface area contributed by atoms with Crippen molar-refractivity contribution in [3.63, 3.8) is 0 Å². The Bertz CT molecular complexity index is 406. The summed E-state index contributed by atoms with van der Waals surface area (Å²) in [6, 6.07) is 2.88. The van der Waals surface area contributed by atoms with Crippen molar-refractivity contribution >= 4 is 5.69 Å². The molecular formula is C8H7F3N2O3. The number of nitro benzene ring substituents is 1. The van der Waals surface area contributed by atoms with Crippen LogP contribution in [0.4, 0.5) is 18.9 Å². The molecule has 0 amide bonds. The van der Waals surface area contributed by atoms with Gasteiger partial charge in [-0.2, -0.15) is 0 Å². The van der Waals surface area contributed by atoms with Crippen molar-refractivity contribution in [1.29, 1.82) is 0 Å². The van der Waals surface area contributed by atoms with E-state index in [-0.39, 0.29) is 12.1 Å². The van der Waals surface area contributed by atoms with Gasteiger partial charge in [0.1, 0.15) is 5.75 Å². The van der Waals surface area contributed by atoms with Crippen LogP contribution in [-0.2, 0) is 6.54 Å². The summed E-state index contributed by atoms with van der Waals surface area (Å²) in [6.45, 7) is -0.205.